The van der Waals surface area contributed by atoms with Crippen LogP contribution in [0.15, 0.2) is 73.6 Å². The fourth-order valence-corrected chi connectivity index (χ4v) is 4.88. The molecule has 0 spiro atoms. The van der Waals surface area contributed by atoms with Crippen molar-refractivity contribution in [2.75, 3.05) is 29.8 Å². The summed E-state index contributed by atoms with van der Waals surface area (Å²) in [5, 5.41) is 9.45. The molecule has 1 aromatic heterocycles. The van der Waals surface area contributed by atoms with E-state index >= 15 is 0 Å². The molecule has 1 heterocycles. The zero-order valence-electron chi connectivity index (χ0n) is 23.4. The number of methoxy groups -OCH3 is 1. The molecule has 0 saturated carbocycles. The van der Waals surface area contributed by atoms with Crippen molar-refractivity contribution >= 4 is 62.3 Å². The molecule has 0 saturated heterocycles. The number of hydrogen-bond donors (Lipinski definition) is 3. The van der Waals surface area contributed by atoms with Gasteiger partial charge in [-0.15, -0.1) is 0 Å². The Bertz CT molecular complexity index is 1690. The third-order valence-electron chi connectivity index (χ3n) is 6.20. The van der Waals surface area contributed by atoms with Crippen molar-refractivity contribution in [2.24, 2.45) is 0 Å². The van der Waals surface area contributed by atoms with E-state index in [1.165, 1.54) is 31.8 Å². The molecule has 3 N–H and O–H groups in total. The van der Waals surface area contributed by atoms with E-state index in [-0.39, 0.29) is 24.6 Å². The molecule has 43 heavy (non-hydrogen) atoms. The predicted octanol–water partition coefficient (Wildman–Crippen LogP) is 5.13. The van der Waals surface area contributed by atoms with Crippen molar-refractivity contribution in [2.45, 2.75) is 19.1 Å². The van der Waals surface area contributed by atoms with E-state index in [4.69, 9.17) is 21.1 Å². The van der Waals surface area contributed by atoms with Crippen molar-refractivity contribution < 1.29 is 27.7 Å². The van der Waals surface area contributed by atoms with E-state index in [9.17, 15) is 18.2 Å². The Labute approximate surface area is 255 Å². The molecular formula is C30H29ClFN5O5S. The van der Waals surface area contributed by atoms with E-state index in [2.05, 4.69) is 32.5 Å². The largest absolute Gasteiger partial charge is 0.494 e. The number of amides is 2. The maximum absolute atomic E-state index is 13.5. The molecule has 13 heteroatoms. The molecule has 3 aromatic carbocycles. The summed E-state index contributed by atoms with van der Waals surface area (Å²) in [5.41, 5.74) is 2.11. The summed E-state index contributed by atoms with van der Waals surface area (Å²) in [5.74, 6) is -0.0152. The summed E-state index contributed by atoms with van der Waals surface area (Å²) in [6.07, 6.45) is 4.12. The molecule has 2 amide bonds. The van der Waals surface area contributed by atoms with E-state index in [0.717, 1.165) is 6.08 Å². The number of fused-ring (bicyclic) bond motifs is 1. The van der Waals surface area contributed by atoms with Crippen LogP contribution in [0.25, 0.3) is 10.9 Å². The number of nitrogens with one attached hydrogen (secondary N) is 3. The van der Waals surface area contributed by atoms with Crippen LogP contribution in [0.1, 0.15) is 12.0 Å². The smallest absolute Gasteiger partial charge is 0.247 e. The first kappa shape index (κ1) is 31.4. The second kappa shape index (κ2) is 14.6. The van der Waals surface area contributed by atoms with E-state index in [1.54, 1.807) is 42.5 Å². The lowest BCUT2D eigenvalue weighted by molar-refractivity contribution is -0.123. The first-order valence-electron chi connectivity index (χ1n) is 13.0. The third kappa shape index (κ3) is 8.49. The van der Waals surface area contributed by atoms with Crippen LogP contribution in [0.4, 0.5) is 21.6 Å². The normalized spacial score (nSPS) is 12.2. The number of rotatable bonds is 13. The summed E-state index contributed by atoms with van der Waals surface area (Å²) >= 11 is 6.46. The highest BCUT2D eigenvalue weighted by atomic mass is 35.5. The molecule has 0 radical (unpaired) electrons. The lowest BCUT2D eigenvalue weighted by atomic mass is 10.1. The molecule has 0 aliphatic carbocycles. The predicted molar refractivity (Wildman–Crippen MR) is 166 cm³/mol. The van der Waals surface area contributed by atoms with Gasteiger partial charge < -0.3 is 25.4 Å². The molecule has 4 rings (SSSR count). The number of anilines is 3. The zero-order valence-corrected chi connectivity index (χ0v) is 24.9. The van der Waals surface area contributed by atoms with Crippen molar-refractivity contribution in [1.29, 1.82) is 0 Å². The minimum atomic E-state index is -1.17. The van der Waals surface area contributed by atoms with Gasteiger partial charge in [0.15, 0.2) is 0 Å². The molecule has 1 unspecified atom stereocenters. The van der Waals surface area contributed by atoms with E-state index in [0.29, 0.717) is 50.2 Å². The molecule has 0 aliphatic rings. The molecule has 0 fully saturated rings. The monoisotopic (exact) mass is 625 g/mol. The Morgan fingerprint density at radius 2 is 1.95 bits per heavy atom. The summed E-state index contributed by atoms with van der Waals surface area (Å²) in [7, 11) is 0.288. The fraction of sp³-hybridized carbons (Fsp3) is 0.200. The van der Waals surface area contributed by atoms with Gasteiger partial charge in [0.25, 0.3) is 0 Å². The topological polar surface area (TPSA) is 132 Å². The average Bonchev–Trinajstić information content (AvgIpc) is 2.98. The molecular weight excluding hydrogens is 597 g/mol. The number of aromatic nitrogens is 2. The maximum Gasteiger partial charge on any atom is 0.247 e. The highest BCUT2D eigenvalue weighted by Gasteiger charge is 2.22. The number of benzene rings is 3. The summed E-state index contributed by atoms with van der Waals surface area (Å²) < 4.78 is 36.3. The van der Waals surface area contributed by atoms with Crippen molar-refractivity contribution in [3.63, 3.8) is 0 Å². The van der Waals surface area contributed by atoms with Gasteiger partial charge in [-0.1, -0.05) is 30.3 Å². The highest BCUT2D eigenvalue weighted by molar-refractivity contribution is 7.84. The fourth-order valence-electron chi connectivity index (χ4n) is 4.07. The summed E-state index contributed by atoms with van der Waals surface area (Å²) in [4.78, 5) is 33.8. The standard InChI is InChI=1S/C30H29ClFN5O5S/c1-4-28(38)36-23(10-11-43(3)40)30(39)37-25-14-21-24(15-27(25)41-2)33-17-34-29(21)35-20-8-9-26(22(31)13-20)42-16-18-6-5-7-19(32)12-18/h4-9,12-15,17,23H,1,10-11,16H2,2-3H3,(H,36,38)(H,37,39)(H,33,34,35)/t23-,43?/m0/s1. The van der Waals surface area contributed by atoms with Gasteiger partial charge in [0.05, 0.1) is 23.3 Å². The third-order valence-corrected chi connectivity index (χ3v) is 7.31. The highest BCUT2D eigenvalue weighted by Crippen LogP contribution is 2.35. The number of ether oxygens (including phenoxy) is 2. The Morgan fingerprint density at radius 3 is 2.65 bits per heavy atom. The van der Waals surface area contributed by atoms with Gasteiger partial charge in [-0.2, -0.15) is 0 Å². The van der Waals surface area contributed by atoms with Crippen molar-refractivity contribution in [3.05, 3.63) is 90.0 Å². The van der Waals surface area contributed by atoms with Crippen molar-refractivity contribution in [3.8, 4) is 11.5 Å². The van der Waals surface area contributed by atoms with Crippen LogP contribution in [-0.4, -0.2) is 51.2 Å². The van der Waals surface area contributed by atoms with E-state index in [1.807, 2.05) is 0 Å². The summed E-state index contributed by atoms with van der Waals surface area (Å²) in [6, 6.07) is 13.5. The minimum Gasteiger partial charge on any atom is -0.494 e. The molecule has 10 nitrogen and oxygen atoms in total. The average molecular weight is 626 g/mol. The molecule has 0 bridgehead atoms. The van der Waals surface area contributed by atoms with E-state index < -0.39 is 28.7 Å². The van der Waals surface area contributed by atoms with Crippen LogP contribution in [0.3, 0.4) is 0 Å². The van der Waals surface area contributed by atoms with Gasteiger partial charge in [0.2, 0.25) is 11.8 Å². The SMILES string of the molecule is C=CC(=O)N[C@@H](CCS(C)=O)C(=O)Nc1cc2c(Nc3ccc(OCc4cccc(F)c4)c(Cl)c3)ncnc2cc1OC. The first-order chi connectivity index (χ1) is 20.7. The zero-order chi connectivity index (χ0) is 30.9. The second-order valence-electron chi connectivity index (χ2n) is 9.30. The quantitative estimate of drug-likeness (QED) is 0.174. The number of carbonyl (C=O) groups excluding carboxylic acids is 2. The molecule has 2 atom stereocenters. The Hall–Kier alpha value is -4.55. The minimum absolute atomic E-state index is 0.144. The first-order valence-corrected chi connectivity index (χ1v) is 15.1. The Morgan fingerprint density at radius 1 is 1.14 bits per heavy atom. The van der Waals surface area contributed by atoms with Crippen LogP contribution in [-0.2, 0) is 27.0 Å². The molecule has 224 valence electrons. The van der Waals surface area contributed by atoms with Crippen molar-refractivity contribution in [1.82, 2.24) is 15.3 Å². The Balaban J connectivity index is 1.56. The lowest BCUT2D eigenvalue weighted by Crippen LogP contribution is -2.44. The number of hydrogen-bond acceptors (Lipinski definition) is 8. The van der Waals surface area contributed by atoms with Gasteiger partial charge in [-0.3, -0.25) is 13.8 Å². The van der Waals surface area contributed by atoms with Gasteiger partial charge in [-0.25, -0.2) is 14.4 Å². The van der Waals surface area contributed by atoms with Gasteiger partial charge in [-0.05, 0) is 54.5 Å². The maximum atomic E-state index is 13.5. The van der Waals surface area contributed by atoms with Gasteiger partial charge in [0.1, 0.15) is 42.1 Å². The number of carbonyl (C=O) groups is 2. The van der Waals surface area contributed by atoms with Crippen LogP contribution in [0, 0.1) is 5.82 Å². The number of nitrogens with zero attached hydrogens (tertiary/aromatic N) is 2. The summed E-state index contributed by atoms with van der Waals surface area (Å²) in [6.45, 7) is 3.56. The second-order valence-corrected chi connectivity index (χ2v) is 11.3. The lowest BCUT2D eigenvalue weighted by Gasteiger charge is -2.19. The van der Waals surface area contributed by atoms with Gasteiger partial charge >= 0.3 is 0 Å². The van der Waals surface area contributed by atoms with Crippen LogP contribution >= 0.6 is 11.6 Å². The molecule has 0 aliphatic heterocycles. The van der Waals surface area contributed by atoms with Gasteiger partial charge in [0, 0.05) is 39.9 Å². The molecule has 4 aromatic rings. The van der Waals surface area contributed by atoms with Crippen LogP contribution < -0.4 is 25.4 Å². The van der Waals surface area contributed by atoms with Crippen LogP contribution in [0.5, 0.6) is 11.5 Å². The number of halogens is 2. The Kier molecular flexibility index (Phi) is 10.6. The van der Waals surface area contributed by atoms with Crippen LogP contribution in [0.2, 0.25) is 5.02 Å².